The third kappa shape index (κ3) is 3.95. The molecule has 0 bridgehead atoms. The maximum Gasteiger partial charge on any atom is 0.514 e. The van der Waals surface area contributed by atoms with Gasteiger partial charge in [-0.3, -0.25) is 0 Å². The first-order chi connectivity index (χ1) is 11.8. The van der Waals surface area contributed by atoms with Crippen LogP contribution in [-0.4, -0.2) is 23.7 Å². The van der Waals surface area contributed by atoms with Crippen LogP contribution >= 0.6 is 7.80 Å². The zero-order chi connectivity index (χ0) is 18.1. The second-order valence-electron chi connectivity index (χ2n) is 7.36. The fourth-order valence-electron chi connectivity index (χ4n) is 3.74. The molecule has 1 heterocycles. The van der Waals surface area contributed by atoms with E-state index >= 15 is 0 Å². The number of ether oxygens (including phenoxy) is 3. The van der Waals surface area contributed by atoms with Crippen LogP contribution in [0, 0.1) is 17.8 Å². The molecule has 3 unspecified atom stereocenters. The van der Waals surface area contributed by atoms with E-state index < -0.39 is 14.0 Å². The SMILES string of the molecule is CC1CC[C@H](C(C)C)C(OC(=O)Oc2cc(O)c3c(c2)OC[PH]3=O)C1. The van der Waals surface area contributed by atoms with Crippen molar-refractivity contribution in [1.29, 1.82) is 0 Å². The number of aromatic hydroxyl groups is 1. The Morgan fingerprint density at radius 1 is 1.36 bits per heavy atom. The molecule has 1 saturated carbocycles. The van der Waals surface area contributed by atoms with Crippen molar-refractivity contribution in [3.63, 3.8) is 0 Å². The molecule has 7 heteroatoms. The molecule has 1 aliphatic carbocycles. The number of phenols is 1. The van der Waals surface area contributed by atoms with Crippen LogP contribution in [0.3, 0.4) is 0 Å². The lowest BCUT2D eigenvalue weighted by atomic mass is 9.75. The first kappa shape index (κ1) is 18.1. The molecule has 138 valence electrons. The van der Waals surface area contributed by atoms with Gasteiger partial charge in [0.25, 0.3) is 0 Å². The van der Waals surface area contributed by atoms with Crippen LogP contribution in [0.25, 0.3) is 0 Å². The number of rotatable bonds is 3. The van der Waals surface area contributed by atoms with Crippen LogP contribution in [-0.2, 0) is 9.30 Å². The molecule has 0 aromatic heterocycles. The van der Waals surface area contributed by atoms with E-state index in [0.29, 0.717) is 28.8 Å². The molecule has 25 heavy (non-hydrogen) atoms. The minimum absolute atomic E-state index is 0.0670. The zero-order valence-electron chi connectivity index (χ0n) is 14.8. The Bertz CT molecular complexity index is 686. The Hall–Kier alpha value is -1.68. The lowest BCUT2D eigenvalue weighted by Crippen LogP contribution is -2.36. The Labute approximate surface area is 148 Å². The third-order valence-electron chi connectivity index (χ3n) is 5.10. The largest absolute Gasteiger partial charge is 0.514 e. The predicted molar refractivity (Wildman–Crippen MR) is 94.5 cm³/mol. The highest BCUT2D eigenvalue weighted by atomic mass is 31.1. The minimum Gasteiger partial charge on any atom is -0.507 e. The summed E-state index contributed by atoms with van der Waals surface area (Å²) in [5.41, 5.74) is 0. The van der Waals surface area contributed by atoms with Crippen molar-refractivity contribution in [3.05, 3.63) is 12.1 Å². The van der Waals surface area contributed by atoms with Crippen molar-refractivity contribution in [3.8, 4) is 17.2 Å². The number of phenolic OH excluding ortho intramolecular Hbond substituents is 1. The number of carbonyl (C=O) groups is 1. The van der Waals surface area contributed by atoms with Gasteiger partial charge in [-0.1, -0.05) is 27.2 Å². The first-order valence-corrected chi connectivity index (χ1v) is 10.4. The maximum absolute atomic E-state index is 12.2. The molecule has 0 spiro atoms. The predicted octanol–water partition coefficient (Wildman–Crippen LogP) is 3.90. The Balaban J connectivity index is 1.68. The lowest BCUT2D eigenvalue weighted by Gasteiger charge is -2.36. The summed E-state index contributed by atoms with van der Waals surface area (Å²) in [6.45, 7) is 6.44. The highest BCUT2D eigenvalue weighted by Gasteiger charge is 2.34. The monoisotopic (exact) mass is 368 g/mol. The summed E-state index contributed by atoms with van der Waals surface area (Å²) in [5.74, 6) is 1.53. The van der Waals surface area contributed by atoms with Gasteiger partial charge in [0.1, 0.15) is 37.5 Å². The van der Waals surface area contributed by atoms with Gasteiger partial charge < -0.3 is 23.9 Å². The molecule has 0 saturated heterocycles. The molecule has 1 aromatic rings. The van der Waals surface area contributed by atoms with E-state index in [1.54, 1.807) is 0 Å². The highest BCUT2D eigenvalue weighted by molar-refractivity contribution is 7.54. The van der Waals surface area contributed by atoms with Gasteiger partial charge in [0.15, 0.2) is 0 Å². The average molecular weight is 368 g/mol. The van der Waals surface area contributed by atoms with Crippen LogP contribution in [0.15, 0.2) is 12.1 Å². The molecule has 0 amide bonds. The Morgan fingerprint density at radius 2 is 2.12 bits per heavy atom. The zero-order valence-corrected chi connectivity index (χ0v) is 15.8. The topological polar surface area (TPSA) is 82.1 Å². The summed E-state index contributed by atoms with van der Waals surface area (Å²) >= 11 is 0. The minimum atomic E-state index is -2.13. The van der Waals surface area contributed by atoms with E-state index in [1.807, 2.05) is 0 Å². The molecule has 1 fully saturated rings. The molecule has 4 atom stereocenters. The van der Waals surface area contributed by atoms with Gasteiger partial charge in [0, 0.05) is 12.1 Å². The molecule has 0 radical (unpaired) electrons. The van der Waals surface area contributed by atoms with Gasteiger partial charge in [-0.05, 0) is 30.6 Å². The van der Waals surface area contributed by atoms with E-state index in [4.69, 9.17) is 14.2 Å². The van der Waals surface area contributed by atoms with Crippen LogP contribution in [0.1, 0.15) is 40.0 Å². The summed E-state index contributed by atoms with van der Waals surface area (Å²) in [6, 6.07) is 2.75. The number of hydrogen-bond acceptors (Lipinski definition) is 6. The van der Waals surface area contributed by atoms with Crippen molar-refractivity contribution in [2.24, 2.45) is 17.8 Å². The normalized spacial score (nSPS) is 28.3. The average Bonchev–Trinajstić information content (AvgIpc) is 2.88. The maximum atomic E-state index is 12.2. The third-order valence-corrected chi connectivity index (χ3v) is 6.57. The van der Waals surface area contributed by atoms with E-state index in [-0.39, 0.29) is 24.0 Å². The second kappa shape index (κ2) is 7.28. The lowest BCUT2D eigenvalue weighted by molar-refractivity contribution is -0.0136. The van der Waals surface area contributed by atoms with Crippen molar-refractivity contribution in [2.75, 3.05) is 6.35 Å². The van der Waals surface area contributed by atoms with Gasteiger partial charge in [0.2, 0.25) is 0 Å². The fourth-order valence-corrected chi connectivity index (χ4v) is 4.95. The molecule has 2 aliphatic rings. The number of carbonyl (C=O) groups excluding carboxylic acids is 1. The van der Waals surface area contributed by atoms with E-state index in [1.165, 1.54) is 12.1 Å². The van der Waals surface area contributed by atoms with Crippen molar-refractivity contribution in [2.45, 2.75) is 46.1 Å². The molecule has 3 rings (SSSR count). The standard InChI is InChI=1S/C18H25O6P/c1-10(2)13-5-4-11(3)6-15(13)24-18(20)23-12-7-14(19)17-16(8-12)22-9-25(17)21/h7-8,10-11,13,15,19,25H,4-6,9H2,1-3H3/t11?,13-,15?/m1/s1. The van der Waals surface area contributed by atoms with Crippen LogP contribution in [0.5, 0.6) is 17.2 Å². The second-order valence-corrected chi connectivity index (χ2v) is 9.00. The molecular formula is C18H25O6P. The summed E-state index contributed by atoms with van der Waals surface area (Å²) in [7, 11) is -2.13. The Morgan fingerprint density at radius 3 is 2.84 bits per heavy atom. The molecule has 1 N–H and O–H groups in total. The molecule has 1 aliphatic heterocycles. The summed E-state index contributed by atoms with van der Waals surface area (Å²) < 4.78 is 27.9. The number of hydrogen-bond donors (Lipinski definition) is 1. The van der Waals surface area contributed by atoms with Gasteiger partial charge in [-0.15, -0.1) is 0 Å². The Kier molecular flexibility index (Phi) is 5.28. The van der Waals surface area contributed by atoms with Gasteiger partial charge >= 0.3 is 6.16 Å². The van der Waals surface area contributed by atoms with Crippen LogP contribution in [0.2, 0.25) is 0 Å². The van der Waals surface area contributed by atoms with Gasteiger partial charge in [-0.25, -0.2) is 4.79 Å². The number of fused-ring (bicyclic) bond motifs is 1. The van der Waals surface area contributed by atoms with Gasteiger partial charge in [0.05, 0.1) is 5.30 Å². The summed E-state index contributed by atoms with van der Waals surface area (Å²) in [5, 5.41) is 10.3. The van der Waals surface area contributed by atoms with Crippen molar-refractivity contribution in [1.82, 2.24) is 0 Å². The molecular weight excluding hydrogens is 343 g/mol. The molecule has 6 nitrogen and oxygen atoms in total. The first-order valence-electron chi connectivity index (χ1n) is 8.76. The smallest absolute Gasteiger partial charge is 0.507 e. The molecule has 1 aromatic carbocycles. The fraction of sp³-hybridized carbons (Fsp3) is 0.611. The highest BCUT2D eigenvalue weighted by Crippen LogP contribution is 2.41. The van der Waals surface area contributed by atoms with E-state index in [9.17, 15) is 14.5 Å². The van der Waals surface area contributed by atoms with Crippen molar-refractivity contribution >= 4 is 19.3 Å². The van der Waals surface area contributed by atoms with E-state index in [0.717, 1.165) is 19.3 Å². The quantitative estimate of drug-likeness (QED) is 0.495. The van der Waals surface area contributed by atoms with Gasteiger partial charge in [-0.2, -0.15) is 0 Å². The summed E-state index contributed by atoms with van der Waals surface area (Å²) in [6.07, 6.45) is 2.14. The summed E-state index contributed by atoms with van der Waals surface area (Å²) in [4.78, 5) is 12.2. The van der Waals surface area contributed by atoms with Crippen LogP contribution in [0.4, 0.5) is 4.79 Å². The van der Waals surface area contributed by atoms with E-state index in [2.05, 4.69) is 20.8 Å². The van der Waals surface area contributed by atoms with Crippen LogP contribution < -0.4 is 14.8 Å². The van der Waals surface area contributed by atoms with Crippen molar-refractivity contribution < 1.29 is 28.7 Å². The number of benzene rings is 1.